The molecule has 0 aliphatic heterocycles. The van der Waals surface area contributed by atoms with Crippen LogP contribution in [-0.4, -0.2) is 103 Å². The van der Waals surface area contributed by atoms with Gasteiger partial charge in [-0.05, 0) is 7.57 Å². The van der Waals surface area contributed by atoms with Crippen LogP contribution in [0.2, 0.25) is 39.3 Å². The number of likely N-dealkylation sites (N-methyl/N-ethyl adjacent to an activating group) is 3. The van der Waals surface area contributed by atoms with Gasteiger partial charge in [0.05, 0.1) is 51.4 Å². The zero-order chi connectivity index (χ0) is 20.6. The van der Waals surface area contributed by atoms with E-state index in [1.165, 1.54) is 26.2 Å². The van der Waals surface area contributed by atoms with Gasteiger partial charge in [0.25, 0.3) is 0 Å². The molecule has 0 aromatic heterocycles. The van der Waals surface area contributed by atoms with E-state index in [0.29, 0.717) is 7.57 Å². The molecule has 0 aliphatic carbocycles. The van der Waals surface area contributed by atoms with Crippen molar-refractivity contribution in [2.75, 3.05) is 74.7 Å². The molecule has 0 fully saturated rings. The van der Waals surface area contributed by atoms with Gasteiger partial charge in [0.2, 0.25) is 0 Å². The molecule has 0 heterocycles. The van der Waals surface area contributed by atoms with Gasteiger partial charge in [-0.2, -0.15) is 0 Å². The predicted octanol–water partition coefficient (Wildman–Crippen LogP) is -4.73. The van der Waals surface area contributed by atoms with Crippen molar-refractivity contribution in [3.05, 3.63) is 0 Å². The largest absolute Gasteiger partial charge is 1.00 e. The summed E-state index contributed by atoms with van der Waals surface area (Å²) in [5.74, 6) is 0. The maximum atomic E-state index is 2.61. The van der Waals surface area contributed by atoms with E-state index in [9.17, 15) is 0 Å². The molecule has 0 saturated carbocycles. The van der Waals surface area contributed by atoms with Crippen molar-refractivity contribution >= 4 is 35.0 Å². The minimum atomic E-state index is -0.967. The third kappa shape index (κ3) is 18.7. The molecule has 0 aliphatic rings. The van der Waals surface area contributed by atoms with Gasteiger partial charge in [-0.15, -0.1) is 4.54 Å². The van der Waals surface area contributed by atoms with Crippen molar-refractivity contribution in [1.82, 2.24) is 0 Å². The number of hydrogen-bond acceptors (Lipinski definition) is 0. The van der Waals surface area contributed by atoms with Crippen molar-refractivity contribution in [2.24, 2.45) is 0 Å². The standard InChI is InChI=1S/C9H27BPSi2.C9H23N3.Cs/c1-11(2,10)9(12(3,4)5)13(6,7)8;1-10(2)6-8-12(5)9-7-11(3)4;/h1-8,10H3;6-9H2,1-5H3;/q-1;;+1/p+3. The zero-order valence-corrected chi connectivity index (χ0v) is 29.5. The Balaban J connectivity index is -0.000000393. The predicted molar refractivity (Wildman–Crippen MR) is 132 cm³/mol. The molecule has 0 saturated heterocycles. The number of quaternary nitrogens is 3. The van der Waals surface area contributed by atoms with Crippen molar-refractivity contribution in [3.63, 3.8) is 0 Å². The van der Waals surface area contributed by atoms with Gasteiger partial charge in [0.1, 0.15) is 26.2 Å². The summed E-state index contributed by atoms with van der Waals surface area (Å²) in [5.41, 5.74) is 0. The van der Waals surface area contributed by atoms with E-state index in [1.54, 1.807) is 14.7 Å². The van der Waals surface area contributed by atoms with Crippen LogP contribution in [0.5, 0.6) is 0 Å². The third-order valence-corrected chi connectivity index (χ3v) is 18.9. The molecule has 3 nitrogen and oxygen atoms in total. The van der Waals surface area contributed by atoms with Crippen LogP contribution in [0.4, 0.5) is 0 Å². The Morgan fingerprint density at radius 3 is 1.08 bits per heavy atom. The third-order valence-electron chi connectivity index (χ3n) is 3.97. The molecule has 0 amide bonds. The van der Waals surface area contributed by atoms with Crippen LogP contribution in [0.15, 0.2) is 0 Å². The minimum Gasteiger partial charge on any atom is -0.335 e. The topological polar surface area (TPSA) is 13.3 Å². The quantitative estimate of drug-likeness (QED) is 0.202. The summed E-state index contributed by atoms with van der Waals surface area (Å²) in [6.45, 7) is 25.2. The fourth-order valence-corrected chi connectivity index (χ4v) is 23.3. The monoisotopic (exact) mass is 542 g/mol. The molecule has 0 aromatic carbocycles. The van der Waals surface area contributed by atoms with Crippen LogP contribution >= 0.6 is 6.76 Å². The number of hydrogen-bond donors (Lipinski definition) is 3. The van der Waals surface area contributed by atoms with Crippen molar-refractivity contribution < 1.29 is 83.6 Å². The normalized spacial score (nSPS) is 12.8. The summed E-state index contributed by atoms with van der Waals surface area (Å²) in [6.07, 6.45) is 0. The average molecular weight is 543 g/mol. The summed E-state index contributed by atoms with van der Waals surface area (Å²) in [5, 5.41) is 0. The molecular weight excluding hydrogens is 489 g/mol. The van der Waals surface area contributed by atoms with Gasteiger partial charge in [-0.25, -0.2) is 0 Å². The van der Waals surface area contributed by atoms with Crippen LogP contribution in [0.25, 0.3) is 0 Å². The van der Waals surface area contributed by atoms with Gasteiger partial charge in [0.15, 0.2) is 0 Å². The first-order valence-electron chi connectivity index (χ1n) is 9.53. The number of nitrogens with one attached hydrogen (secondary N) is 3. The Bertz CT molecular complexity index is 391. The van der Waals surface area contributed by atoms with Crippen molar-refractivity contribution in [2.45, 2.75) is 39.3 Å². The van der Waals surface area contributed by atoms with Gasteiger partial charge in [0, 0.05) is 0 Å². The second kappa shape index (κ2) is 14.7. The Hall–Kier alpha value is 2.73. The molecule has 26 heavy (non-hydrogen) atoms. The Morgan fingerprint density at radius 1 is 0.692 bits per heavy atom. The molecule has 0 atom stereocenters. The molecule has 0 radical (unpaired) electrons. The van der Waals surface area contributed by atoms with E-state index in [-0.39, 0.29) is 68.9 Å². The van der Waals surface area contributed by atoms with E-state index >= 15 is 0 Å². The maximum absolute atomic E-state index is 2.61. The van der Waals surface area contributed by atoms with E-state index in [2.05, 4.69) is 92.4 Å². The van der Waals surface area contributed by atoms with Crippen molar-refractivity contribution in [1.29, 1.82) is 0 Å². The average Bonchev–Trinajstić information content (AvgIpc) is 2.28. The fraction of sp³-hybridized carbons (Fsp3) is 0.944. The molecule has 0 spiro atoms. The van der Waals surface area contributed by atoms with Gasteiger partial charge in [-0.3, -0.25) is 6.76 Å². The van der Waals surface area contributed by atoms with Crippen LogP contribution in [0.1, 0.15) is 0 Å². The van der Waals surface area contributed by atoms with Crippen LogP contribution < -0.4 is 83.6 Å². The van der Waals surface area contributed by atoms with Crippen LogP contribution in [0, 0.1) is 0 Å². The zero-order valence-electron chi connectivity index (χ0n) is 20.3. The first kappa shape index (κ1) is 33.4. The van der Waals surface area contributed by atoms with Crippen LogP contribution in [0.3, 0.4) is 0 Å². The molecule has 0 unspecified atom stereocenters. The van der Waals surface area contributed by atoms with E-state index in [1.807, 2.05) is 0 Å². The summed E-state index contributed by atoms with van der Waals surface area (Å²) in [7, 11) is 9.75. The summed E-state index contributed by atoms with van der Waals surface area (Å²) in [4.78, 5) is 4.75. The van der Waals surface area contributed by atoms with E-state index in [0.717, 1.165) is 0 Å². The molecular formula is C18H53BCsN3PSi2+3. The van der Waals surface area contributed by atoms with Gasteiger partial charge in [-0.1, -0.05) is 52.6 Å². The second-order valence-corrected chi connectivity index (χ2v) is 23.7. The summed E-state index contributed by atoms with van der Waals surface area (Å²) < 4.78 is 2.15. The molecule has 3 N–H and O–H groups in total. The summed E-state index contributed by atoms with van der Waals surface area (Å²) in [6, 6.07) is 0. The molecule has 0 aromatic rings. The fourth-order valence-electron chi connectivity index (χ4n) is 3.52. The van der Waals surface area contributed by atoms with Crippen LogP contribution in [-0.2, 0) is 0 Å². The first-order chi connectivity index (χ1) is 10.9. The van der Waals surface area contributed by atoms with E-state index in [4.69, 9.17) is 0 Å². The Labute approximate surface area is 229 Å². The maximum Gasteiger partial charge on any atom is 1.00 e. The van der Waals surface area contributed by atoms with E-state index < -0.39 is 22.9 Å². The minimum absolute atomic E-state index is 0. The smallest absolute Gasteiger partial charge is 0.335 e. The second-order valence-electron chi connectivity index (χ2n) is 10.1. The van der Waals surface area contributed by atoms with Crippen molar-refractivity contribution in [3.8, 4) is 0 Å². The Kier molecular flexibility index (Phi) is 18.9. The van der Waals surface area contributed by atoms with Gasteiger partial charge < -0.3 is 14.7 Å². The SMILES string of the molecule is C[NH+](C)CC[NH+](C)CC[NH+](C)C.[BH3-]P(C)(C)=C([Si](C)(C)C)[Si](C)(C)C.[Cs+]. The number of rotatable bonds is 8. The summed E-state index contributed by atoms with van der Waals surface area (Å²) >= 11 is 0. The van der Waals surface area contributed by atoms with Gasteiger partial charge >= 0.3 is 68.9 Å². The Morgan fingerprint density at radius 2 is 0.962 bits per heavy atom. The molecule has 0 rings (SSSR count). The molecule has 0 bridgehead atoms. The molecule has 8 heteroatoms. The first-order valence-corrected chi connectivity index (χ1v) is 18.8. The molecule has 154 valence electrons.